The van der Waals surface area contributed by atoms with Crippen molar-refractivity contribution in [1.29, 1.82) is 0 Å². The van der Waals surface area contributed by atoms with Gasteiger partial charge in [0.05, 0.1) is 12.2 Å². The molecule has 0 bridgehead atoms. The van der Waals surface area contributed by atoms with Gasteiger partial charge < -0.3 is 19.7 Å². The van der Waals surface area contributed by atoms with Crippen molar-refractivity contribution in [1.82, 2.24) is 0 Å². The molecule has 2 atom stereocenters. The van der Waals surface area contributed by atoms with Gasteiger partial charge in [-0.3, -0.25) is 0 Å². The quantitative estimate of drug-likeness (QED) is 0.261. The summed E-state index contributed by atoms with van der Waals surface area (Å²) >= 11 is 0. The van der Waals surface area contributed by atoms with E-state index in [0.29, 0.717) is 19.6 Å². The molecule has 38 heavy (non-hydrogen) atoms. The molecule has 2 N–H and O–H groups in total. The van der Waals surface area contributed by atoms with Crippen molar-refractivity contribution in [2.75, 3.05) is 13.2 Å². The summed E-state index contributed by atoms with van der Waals surface area (Å²) in [4.78, 5) is 23.0. The summed E-state index contributed by atoms with van der Waals surface area (Å²) in [5.41, 5.74) is 2.91. The van der Waals surface area contributed by atoms with Crippen LogP contribution in [0.5, 0.6) is 5.75 Å². The molecule has 0 radical (unpaired) electrons. The lowest BCUT2D eigenvalue weighted by atomic mass is 9.89. The molecule has 3 aromatic carbocycles. The lowest BCUT2D eigenvalue weighted by Gasteiger charge is -2.28. The number of carboxylic acid groups (broad SMARTS) is 2. The van der Waals surface area contributed by atoms with Crippen LogP contribution in [0.3, 0.4) is 0 Å². The highest BCUT2D eigenvalue weighted by molar-refractivity contribution is 5.88. The number of carbonyl (C=O) groups is 2. The van der Waals surface area contributed by atoms with Gasteiger partial charge in [0.15, 0.2) is 5.60 Å². The molecule has 6 heteroatoms. The molecule has 0 fully saturated rings. The maximum Gasteiger partial charge on any atom is 0.340 e. The van der Waals surface area contributed by atoms with Gasteiger partial charge in [-0.25, -0.2) is 9.59 Å². The van der Waals surface area contributed by atoms with Gasteiger partial charge in [0.25, 0.3) is 0 Å². The summed E-state index contributed by atoms with van der Waals surface area (Å²) in [6.45, 7) is 2.99. The maximum atomic E-state index is 12.0. The first kappa shape index (κ1) is 26.9. The Morgan fingerprint density at radius 1 is 0.895 bits per heavy atom. The van der Waals surface area contributed by atoms with Gasteiger partial charge in [0.1, 0.15) is 5.75 Å². The number of hydrogen-bond acceptors (Lipinski definition) is 4. The molecule has 1 aliphatic carbocycles. The molecule has 0 amide bonds. The lowest BCUT2D eigenvalue weighted by Crippen LogP contribution is -2.40. The van der Waals surface area contributed by atoms with E-state index in [1.54, 1.807) is 30.3 Å². The Labute approximate surface area is 222 Å². The van der Waals surface area contributed by atoms with Gasteiger partial charge in [0, 0.05) is 13.0 Å². The number of rotatable bonds is 12. The number of carboxylic acids is 2. The van der Waals surface area contributed by atoms with Crippen LogP contribution in [0, 0.1) is 5.92 Å². The number of allylic oxidation sites excluding steroid dienone is 2. The van der Waals surface area contributed by atoms with Crippen molar-refractivity contribution >= 4 is 17.5 Å². The van der Waals surface area contributed by atoms with E-state index in [0.717, 1.165) is 40.9 Å². The number of hydrogen-bond donors (Lipinski definition) is 2. The van der Waals surface area contributed by atoms with Crippen LogP contribution < -0.4 is 4.74 Å². The van der Waals surface area contributed by atoms with Crippen LogP contribution in [0.25, 0.3) is 16.7 Å². The Bertz CT molecular complexity index is 1290. The molecule has 0 saturated heterocycles. The fraction of sp³-hybridized carbons (Fsp3) is 0.250. The monoisotopic (exact) mass is 512 g/mol. The molecular formula is C32H32O6. The molecule has 196 valence electrons. The van der Waals surface area contributed by atoms with E-state index in [1.165, 1.54) is 0 Å². The predicted molar refractivity (Wildman–Crippen MR) is 147 cm³/mol. The third kappa shape index (κ3) is 6.78. The topological polar surface area (TPSA) is 93.1 Å². The van der Waals surface area contributed by atoms with E-state index in [9.17, 15) is 14.7 Å². The molecular weight excluding hydrogens is 480 g/mol. The second-order valence-corrected chi connectivity index (χ2v) is 9.57. The Morgan fingerprint density at radius 2 is 1.55 bits per heavy atom. The van der Waals surface area contributed by atoms with Gasteiger partial charge in [-0.2, -0.15) is 0 Å². The summed E-state index contributed by atoms with van der Waals surface area (Å²) in [6.07, 6.45) is 7.29. The van der Waals surface area contributed by atoms with E-state index >= 15 is 0 Å². The van der Waals surface area contributed by atoms with Crippen LogP contribution >= 0.6 is 0 Å². The average Bonchev–Trinajstić information content (AvgIpc) is 2.95. The first-order chi connectivity index (χ1) is 18.4. The highest BCUT2D eigenvalue weighted by atomic mass is 16.5. The van der Waals surface area contributed by atoms with Crippen LogP contribution in [0.15, 0.2) is 97.1 Å². The standard InChI is InChI=1S/C32H32O6/c1-23(22-37-29-15-13-26(14-16-29)25-9-11-28(12-10-25)30(33)34)6-5-21-38-32(31(35)36)19-17-27(18-20-32)24-7-3-2-4-8-24/h2-4,7-19,23H,5-6,20-22H2,1H3,(H,33,34)(H,35,36). The molecule has 0 spiro atoms. The zero-order valence-corrected chi connectivity index (χ0v) is 21.4. The molecule has 0 aromatic heterocycles. The number of benzene rings is 3. The normalized spacial score (nSPS) is 17.4. The van der Waals surface area contributed by atoms with Gasteiger partial charge in [0.2, 0.25) is 0 Å². The molecule has 0 saturated carbocycles. The molecule has 0 aliphatic heterocycles. The highest BCUT2D eigenvalue weighted by Gasteiger charge is 2.37. The minimum atomic E-state index is -1.33. The Balaban J connectivity index is 1.20. The number of aromatic carboxylic acids is 1. The third-order valence-corrected chi connectivity index (χ3v) is 6.68. The molecule has 0 heterocycles. The van der Waals surface area contributed by atoms with Crippen LogP contribution in [0.4, 0.5) is 0 Å². The summed E-state index contributed by atoms with van der Waals surface area (Å²) in [6, 6.07) is 24.4. The van der Waals surface area contributed by atoms with Gasteiger partial charge in [-0.1, -0.05) is 73.7 Å². The molecule has 6 nitrogen and oxygen atoms in total. The van der Waals surface area contributed by atoms with E-state index < -0.39 is 17.5 Å². The first-order valence-electron chi connectivity index (χ1n) is 12.7. The minimum absolute atomic E-state index is 0.260. The Morgan fingerprint density at radius 3 is 2.13 bits per heavy atom. The summed E-state index contributed by atoms with van der Waals surface area (Å²) < 4.78 is 11.8. The average molecular weight is 513 g/mol. The van der Waals surface area contributed by atoms with E-state index in [4.69, 9.17) is 14.6 Å². The summed E-state index contributed by atoms with van der Waals surface area (Å²) in [7, 11) is 0. The van der Waals surface area contributed by atoms with Crippen molar-refractivity contribution in [2.45, 2.75) is 31.8 Å². The molecule has 1 aliphatic rings. The Kier molecular flexibility index (Phi) is 8.77. The van der Waals surface area contributed by atoms with Crippen LogP contribution in [0.1, 0.15) is 42.1 Å². The fourth-order valence-electron chi connectivity index (χ4n) is 4.35. The molecule has 3 aromatic rings. The number of ether oxygens (including phenoxy) is 2. The fourth-order valence-corrected chi connectivity index (χ4v) is 4.35. The van der Waals surface area contributed by atoms with Crippen molar-refractivity contribution in [3.8, 4) is 16.9 Å². The summed E-state index contributed by atoms with van der Waals surface area (Å²) in [5, 5.41) is 18.9. The second-order valence-electron chi connectivity index (χ2n) is 9.57. The zero-order chi connectivity index (χ0) is 27.0. The SMILES string of the molecule is CC(CCCOC1(C(=O)O)C=CC(c2ccccc2)=CC1)COc1ccc(-c2ccc(C(=O)O)cc2)cc1. The first-order valence-corrected chi connectivity index (χ1v) is 12.7. The van der Waals surface area contributed by atoms with E-state index in [-0.39, 0.29) is 11.5 Å². The smallest absolute Gasteiger partial charge is 0.340 e. The van der Waals surface area contributed by atoms with E-state index in [1.807, 2.05) is 66.7 Å². The Hall–Kier alpha value is -4.16. The highest BCUT2D eigenvalue weighted by Crippen LogP contribution is 2.30. The minimum Gasteiger partial charge on any atom is -0.493 e. The van der Waals surface area contributed by atoms with Gasteiger partial charge in [-0.05, 0) is 71.4 Å². The lowest BCUT2D eigenvalue weighted by molar-refractivity contribution is -0.159. The summed E-state index contributed by atoms with van der Waals surface area (Å²) in [5.74, 6) is -0.885. The maximum absolute atomic E-state index is 12.0. The van der Waals surface area contributed by atoms with Gasteiger partial charge in [-0.15, -0.1) is 0 Å². The van der Waals surface area contributed by atoms with Crippen molar-refractivity contribution < 1.29 is 29.3 Å². The van der Waals surface area contributed by atoms with E-state index in [2.05, 4.69) is 6.92 Å². The molecule has 2 unspecified atom stereocenters. The third-order valence-electron chi connectivity index (χ3n) is 6.68. The zero-order valence-electron chi connectivity index (χ0n) is 21.4. The van der Waals surface area contributed by atoms with Crippen LogP contribution in [-0.4, -0.2) is 41.0 Å². The van der Waals surface area contributed by atoms with Crippen LogP contribution in [0.2, 0.25) is 0 Å². The largest absolute Gasteiger partial charge is 0.493 e. The van der Waals surface area contributed by atoms with Crippen molar-refractivity contribution in [3.05, 3.63) is 108 Å². The number of aliphatic carboxylic acids is 1. The van der Waals surface area contributed by atoms with Gasteiger partial charge >= 0.3 is 11.9 Å². The van der Waals surface area contributed by atoms with Crippen molar-refractivity contribution in [2.24, 2.45) is 5.92 Å². The predicted octanol–water partition coefficient (Wildman–Crippen LogP) is 6.73. The second kappa shape index (κ2) is 12.4. The molecule has 4 rings (SSSR count). The van der Waals surface area contributed by atoms with Crippen molar-refractivity contribution in [3.63, 3.8) is 0 Å². The van der Waals surface area contributed by atoms with Crippen LogP contribution in [-0.2, 0) is 9.53 Å².